The van der Waals surface area contributed by atoms with Crippen molar-refractivity contribution in [3.63, 3.8) is 0 Å². The summed E-state index contributed by atoms with van der Waals surface area (Å²) >= 11 is 7.52. The van der Waals surface area contributed by atoms with Crippen LogP contribution in [0.15, 0.2) is 11.2 Å². The number of halogens is 1. The third-order valence-electron chi connectivity index (χ3n) is 2.22. The predicted molar refractivity (Wildman–Crippen MR) is 60.0 cm³/mol. The van der Waals surface area contributed by atoms with Gasteiger partial charge in [0, 0.05) is 6.54 Å². The van der Waals surface area contributed by atoms with Crippen LogP contribution in [-0.4, -0.2) is 22.8 Å². The van der Waals surface area contributed by atoms with Crippen LogP contribution < -0.4 is 5.32 Å². The van der Waals surface area contributed by atoms with Gasteiger partial charge in [-0.2, -0.15) is 0 Å². The summed E-state index contributed by atoms with van der Waals surface area (Å²) in [6, 6.07) is 0. The van der Waals surface area contributed by atoms with E-state index in [0.29, 0.717) is 5.15 Å². The van der Waals surface area contributed by atoms with Gasteiger partial charge in [0.05, 0.1) is 4.90 Å². The third-order valence-corrected chi connectivity index (χ3v) is 3.41. The minimum Gasteiger partial charge on any atom is -0.369 e. The van der Waals surface area contributed by atoms with Crippen molar-refractivity contribution in [2.24, 2.45) is 5.92 Å². The first kappa shape index (κ1) is 10.1. The number of hydrogen-bond acceptors (Lipinski definition) is 4. The maximum absolute atomic E-state index is 5.95. The number of aromatic nitrogens is 2. The van der Waals surface area contributed by atoms with Crippen molar-refractivity contribution < 1.29 is 0 Å². The molecule has 0 saturated heterocycles. The van der Waals surface area contributed by atoms with Gasteiger partial charge in [-0.3, -0.25) is 0 Å². The van der Waals surface area contributed by atoms with Crippen LogP contribution in [0.25, 0.3) is 0 Å². The molecule has 1 aromatic heterocycles. The van der Waals surface area contributed by atoms with Crippen LogP contribution in [0.1, 0.15) is 12.8 Å². The minimum absolute atomic E-state index is 0.533. The van der Waals surface area contributed by atoms with E-state index in [-0.39, 0.29) is 0 Å². The van der Waals surface area contributed by atoms with E-state index in [0.717, 1.165) is 23.2 Å². The van der Waals surface area contributed by atoms with Crippen LogP contribution in [0.3, 0.4) is 0 Å². The van der Waals surface area contributed by atoms with Gasteiger partial charge in [0.25, 0.3) is 0 Å². The van der Waals surface area contributed by atoms with Crippen molar-refractivity contribution in [1.29, 1.82) is 0 Å². The minimum atomic E-state index is 0.533. The maximum Gasteiger partial charge on any atom is 0.148 e. The van der Waals surface area contributed by atoms with Crippen LogP contribution >= 0.6 is 23.4 Å². The molecule has 0 aliphatic heterocycles. The summed E-state index contributed by atoms with van der Waals surface area (Å²) in [6.45, 7) is 1.00. The van der Waals surface area contributed by atoms with Gasteiger partial charge in [-0.15, -0.1) is 11.8 Å². The first-order valence-electron chi connectivity index (χ1n) is 4.59. The molecule has 0 atom stereocenters. The number of anilines is 1. The van der Waals surface area contributed by atoms with E-state index < -0.39 is 0 Å². The van der Waals surface area contributed by atoms with E-state index >= 15 is 0 Å². The van der Waals surface area contributed by atoms with E-state index in [1.54, 1.807) is 11.8 Å². The lowest BCUT2D eigenvalue weighted by Crippen LogP contribution is -2.06. The lowest BCUT2D eigenvalue weighted by Gasteiger charge is -2.08. The molecule has 1 aliphatic rings. The fourth-order valence-electron chi connectivity index (χ4n) is 1.22. The average Bonchev–Trinajstić information content (AvgIpc) is 2.98. The molecule has 0 bridgehead atoms. The molecule has 1 fully saturated rings. The topological polar surface area (TPSA) is 37.8 Å². The highest BCUT2D eigenvalue weighted by Crippen LogP contribution is 2.32. The molecule has 1 saturated carbocycles. The number of hydrogen-bond donors (Lipinski definition) is 1. The van der Waals surface area contributed by atoms with Crippen molar-refractivity contribution in [2.75, 3.05) is 18.1 Å². The standard InChI is InChI=1S/C9H12ClN3S/c1-14-7-8(10)12-5-13-9(7)11-4-6-2-3-6/h5-6H,2-4H2,1H3,(H,11,12,13). The number of nitrogens with one attached hydrogen (secondary N) is 1. The molecule has 76 valence electrons. The van der Waals surface area contributed by atoms with E-state index in [9.17, 15) is 0 Å². The molecule has 14 heavy (non-hydrogen) atoms. The summed E-state index contributed by atoms with van der Waals surface area (Å²) < 4.78 is 0. The summed E-state index contributed by atoms with van der Waals surface area (Å²) in [4.78, 5) is 9.07. The first-order valence-corrected chi connectivity index (χ1v) is 6.20. The van der Waals surface area contributed by atoms with Gasteiger partial charge in [0.2, 0.25) is 0 Å². The highest BCUT2D eigenvalue weighted by atomic mass is 35.5. The zero-order chi connectivity index (χ0) is 9.97. The summed E-state index contributed by atoms with van der Waals surface area (Å²) in [5, 5.41) is 3.84. The molecule has 2 rings (SSSR count). The number of nitrogens with zero attached hydrogens (tertiary/aromatic N) is 2. The van der Waals surface area contributed by atoms with Gasteiger partial charge < -0.3 is 5.32 Å². The summed E-state index contributed by atoms with van der Waals surface area (Å²) in [5.74, 6) is 1.70. The Morgan fingerprint density at radius 1 is 1.57 bits per heavy atom. The molecule has 1 N–H and O–H groups in total. The predicted octanol–water partition coefficient (Wildman–Crippen LogP) is 2.67. The molecule has 0 aromatic carbocycles. The van der Waals surface area contributed by atoms with Crippen molar-refractivity contribution >= 4 is 29.2 Å². The van der Waals surface area contributed by atoms with Crippen molar-refractivity contribution in [3.8, 4) is 0 Å². The van der Waals surface area contributed by atoms with Crippen LogP contribution in [-0.2, 0) is 0 Å². The Balaban J connectivity index is 2.09. The quantitative estimate of drug-likeness (QED) is 0.637. The molecule has 0 amide bonds. The molecule has 5 heteroatoms. The zero-order valence-electron chi connectivity index (χ0n) is 7.96. The first-order chi connectivity index (χ1) is 6.81. The van der Waals surface area contributed by atoms with E-state index in [4.69, 9.17) is 11.6 Å². The molecule has 1 aromatic rings. The SMILES string of the molecule is CSc1c(Cl)ncnc1NCC1CC1. The van der Waals surface area contributed by atoms with Crippen LogP contribution in [0.5, 0.6) is 0 Å². The Bertz CT molecular complexity index is 328. The zero-order valence-corrected chi connectivity index (χ0v) is 9.53. The highest BCUT2D eigenvalue weighted by Gasteiger charge is 2.21. The largest absolute Gasteiger partial charge is 0.369 e. The average molecular weight is 230 g/mol. The molecule has 0 spiro atoms. The smallest absolute Gasteiger partial charge is 0.148 e. The Kier molecular flexibility index (Phi) is 3.13. The van der Waals surface area contributed by atoms with Crippen LogP contribution in [0.2, 0.25) is 5.15 Å². The Morgan fingerprint density at radius 2 is 2.36 bits per heavy atom. The Morgan fingerprint density at radius 3 is 3.00 bits per heavy atom. The summed E-state index contributed by atoms with van der Waals surface area (Å²) in [7, 11) is 0. The normalized spacial score (nSPS) is 15.6. The monoisotopic (exact) mass is 229 g/mol. The van der Waals surface area contributed by atoms with Crippen molar-refractivity contribution in [1.82, 2.24) is 9.97 Å². The van der Waals surface area contributed by atoms with E-state index in [1.165, 1.54) is 19.2 Å². The van der Waals surface area contributed by atoms with Gasteiger partial charge >= 0.3 is 0 Å². The third kappa shape index (κ3) is 2.30. The summed E-state index contributed by atoms with van der Waals surface area (Å²) in [5.41, 5.74) is 0. The molecule has 0 radical (unpaired) electrons. The van der Waals surface area contributed by atoms with Gasteiger partial charge in [-0.25, -0.2) is 9.97 Å². The molecule has 1 aliphatic carbocycles. The Hall–Kier alpha value is -0.480. The second kappa shape index (κ2) is 4.36. The van der Waals surface area contributed by atoms with Crippen LogP contribution in [0, 0.1) is 5.92 Å². The van der Waals surface area contributed by atoms with Gasteiger partial charge in [-0.1, -0.05) is 11.6 Å². The fourth-order valence-corrected chi connectivity index (χ4v) is 2.13. The lowest BCUT2D eigenvalue weighted by atomic mass is 10.4. The molecular weight excluding hydrogens is 218 g/mol. The maximum atomic E-state index is 5.95. The second-order valence-electron chi connectivity index (χ2n) is 3.37. The van der Waals surface area contributed by atoms with Gasteiger partial charge in [0.1, 0.15) is 17.3 Å². The lowest BCUT2D eigenvalue weighted by molar-refractivity contribution is 0.874. The van der Waals surface area contributed by atoms with Gasteiger partial charge in [0.15, 0.2) is 0 Å². The number of thioether (sulfide) groups is 1. The Labute approximate surface area is 92.7 Å². The van der Waals surface area contributed by atoms with E-state index in [2.05, 4.69) is 15.3 Å². The molecule has 1 heterocycles. The molecule has 0 unspecified atom stereocenters. The second-order valence-corrected chi connectivity index (χ2v) is 4.55. The van der Waals surface area contributed by atoms with E-state index in [1.807, 2.05) is 6.26 Å². The highest BCUT2D eigenvalue weighted by molar-refractivity contribution is 7.98. The van der Waals surface area contributed by atoms with Crippen LogP contribution in [0.4, 0.5) is 5.82 Å². The fraction of sp³-hybridized carbons (Fsp3) is 0.556. The summed E-state index contributed by atoms with van der Waals surface area (Å²) in [6.07, 6.45) is 6.14. The van der Waals surface area contributed by atoms with Crippen molar-refractivity contribution in [3.05, 3.63) is 11.5 Å². The van der Waals surface area contributed by atoms with Gasteiger partial charge in [-0.05, 0) is 25.0 Å². The van der Waals surface area contributed by atoms with Crippen molar-refractivity contribution in [2.45, 2.75) is 17.7 Å². The molecule has 3 nitrogen and oxygen atoms in total. The number of rotatable bonds is 4. The molecular formula is C9H12ClN3S.